The zero-order valence-corrected chi connectivity index (χ0v) is 11.4. The van der Waals surface area contributed by atoms with Crippen molar-refractivity contribution in [2.45, 2.75) is 31.7 Å². The monoisotopic (exact) mass is 284 g/mol. The van der Waals surface area contributed by atoms with Crippen molar-refractivity contribution in [3.63, 3.8) is 0 Å². The molecule has 1 fully saturated rings. The molecule has 0 aromatic heterocycles. The normalized spacial score (nSPS) is 17.4. The second-order valence-electron chi connectivity index (χ2n) is 4.98. The first-order chi connectivity index (χ1) is 9.11. The number of halogens is 2. The molecule has 0 heterocycles. The number of amides is 1. The van der Waals surface area contributed by atoms with Gasteiger partial charge in [-0.3, -0.25) is 4.79 Å². The lowest BCUT2D eigenvalue weighted by atomic mass is 9.98. The van der Waals surface area contributed by atoms with E-state index in [1.165, 1.54) is 31.0 Å². The largest absolute Gasteiger partial charge is 0.348 e. The van der Waals surface area contributed by atoms with Crippen LogP contribution in [-0.2, 0) is 0 Å². The first-order valence-corrected chi connectivity index (χ1v) is 6.95. The predicted molar refractivity (Wildman–Crippen MR) is 73.7 cm³/mol. The Morgan fingerprint density at radius 1 is 1.47 bits per heavy atom. The third kappa shape index (κ3) is 3.45. The maximum Gasteiger partial charge on any atom is 0.254 e. The third-order valence-electron chi connectivity index (χ3n) is 3.71. The van der Waals surface area contributed by atoms with Gasteiger partial charge in [-0.25, -0.2) is 4.39 Å². The first-order valence-electron chi connectivity index (χ1n) is 6.58. The van der Waals surface area contributed by atoms with Crippen LogP contribution in [0, 0.1) is 11.7 Å². The molecule has 1 aliphatic rings. The Balaban J connectivity index is 2.08. The molecule has 1 atom stereocenters. The van der Waals surface area contributed by atoms with Gasteiger partial charge in [-0.2, -0.15) is 0 Å². The number of benzene rings is 1. The summed E-state index contributed by atoms with van der Waals surface area (Å²) in [6.07, 6.45) is 4.48. The van der Waals surface area contributed by atoms with Crippen molar-refractivity contribution in [2.24, 2.45) is 11.7 Å². The van der Waals surface area contributed by atoms with E-state index in [0.717, 1.165) is 12.8 Å². The highest BCUT2D eigenvalue weighted by molar-refractivity contribution is 6.31. The summed E-state index contributed by atoms with van der Waals surface area (Å²) >= 11 is 5.79. The maximum absolute atomic E-state index is 13.6. The fourth-order valence-corrected chi connectivity index (χ4v) is 2.82. The standard InChI is InChI=1S/C14H18ClFN2O/c15-10-5-6-12(16)11(7-10)14(19)18-13(8-17)9-3-1-2-4-9/h5-7,9,13H,1-4,8,17H2,(H,18,19). The molecule has 1 aromatic rings. The Morgan fingerprint density at radius 2 is 2.16 bits per heavy atom. The van der Waals surface area contributed by atoms with E-state index >= 15 is 0 Å². The van der Waals surface area contributed by atoms with E-state index in [9.17, 15) is 9.18 Å². The number of hydrogen-bond donors (Lipinski definition) is 2. The highest BCUT2D eigenvalue weighted by Crippen LogP contribution is 2.27. The van der Waals surface area contributed by atoms with E-state index in [1.54, 1.807) is 0 Å². The van der Waals surface area contributed by atoms with Gasteiger partial charge >= 0.3 is 0 Å². The highest BCUT2D eigenvalue weighted by atomic mass is 35.5. The summed E-state index contributed by atoms with van der Waals surface area (Å²) in [5.74, 6) is -0.609. The van der Waals surface area contributed by atoms with E-state index in [2.05, 4.69) is 5.32 Å². The summed E-state index contributed by atoms with van der Waals surface area (Å²) in [4.78, 5) is 12.1. The van der Waals surface area contributed by atoms with Crippen LogP contribution in [-0.4, -0.2) is 18.5 Å². The van der Waals surface area contributed by atoms with Gasteiger partial charge in [0.15, 0.2) is 0 Å². The van der Waals surface area contributed by atoms with Crippen LogP contribution >= 0.6 is 11.6 Å². The molecule has 1 aromatic carbocycles. The van der Waals surface area contributed by atoms with E-state index in [4.69, 9.17) is 17.3 Å². The number of nitrogens with one attached hydrogen (secondary N) is 1. The highest BCUT2D eigenvalue weighted by Gasteiger charge is 2.26. The molecular formula is C14H18ClFN2O. The average molecular weight is 285 g/mol. The van der Waals surface area contributed by atoms with Crippen LogP contribution in [0.5, 0.6) is 0 Å². The molecule has 5 heteroatoms. The number of carbonyl (C=O) groups is 1. The van der Waals surface area contributed by atoms with Gasteiger partial charge in [-0.1, -0.05) is 24.4 Å². The average Bonchev–Trinajstić information content (AvgIpc) is 2.92. The van der Waals surface area contributed by atoms with E-state index in [-0.39, 0.29) is 11.6 Å². The summed E-state index contributed by atoms with van der Waals surface area (Å²) in [5, 5.41) is 3.17. The van der Waals surface area contributed by atoms with Crippen molar-refractivity contribution < 1.29 is 9.18 Å². The van der Waals surface area contributed by atoms with Crippen LogP contribution in [0.4, 0.5) is 4.39 Å². The van der Waals surface area contributed by atoms with Crippen LogP contribution in [0.2, 0.25) is 5.02 Å². The molecule has 1 aliphatic carbocycles. The van der Waals surface area contributed by atoms with Crippen LogP contribution < -0.4 is 11.1 Å². The minimum Gasteiger partial charge on any atom is -0.348 e. The second kappa shape index (κ2) is 6.35. The molecule has 0 saturated heterocycles. The summed E-state index contributed by atoms with van der Waals surface area (Å²) in [7, 11) is 0. The minimum absolute atomic E-state index is 0.0241. The number of hydrogen-bond acceptors (Lipinski definition) is 2. The molecule has 1 amide bonds. The van der Waals surface area contributed by atoms with Crippen molar-refractivity contribution in [3.8, 4) is 0 Å². The lowest BCUT2D eigenvalue weighted by Crippen LogP contribution is -2.44. The SMILES string of the molecule is NCC(NC(=O)c1cc(Cl)ccc1F)C1CCCC1. The third-order valence-corrected chi connectivity index (χ3v) is 3.95. The molecular weight excluding hydrogens is 267 g/mol. The quantitative estimate of drug-likeness (QED) is 0.893. The van der Waals surface area contributed by atoms with Crippen molar-refractivity contribution in [1.29, 1.82) is 0 Å². The predicted octanol–water partition coefficient (Wildman–Crippen LogP) is 2.73. The lowest BCUT2D eigenvalue weighted by Gasteiger charge is -2.23. The zero-order chi connectivity index (χ0) is 13.8. The minimum atomic E-state index is -0.566. The number of carbonyl (C=O) groups excluding carboxylic acids is 1. The molecule has 0 spiro atoms. The lowest BCUT2D eigenvalue weighted by molar-refractivity contribution is 0.0920. The number of rotatable bonds is 4. The molecule has 0 aliphatic heterocycles. The smallest absolute Gasteiger partial charge is 0.254 e. The molecule has 104 valence electrons. The van der Waals surface area contributed by atoms with E-state index in [1.807, 2.05) is 0 Å². The number of nitrogens with two attached hydrogens (primary N) is 1. The molecule has 0 radical (unpaired) electrons. The van der Waals surface area contributed by atoms with E-state index < -0.39 is 11.7 Å². The molecule has 3 nitrogen and oxygen atoms in total. The first kappa shape index (κ1) is 14.3. The molecule has 19 heavy (non-hydrogen) atoms. The maximum atomic E-state index is 13.6. The fourth-order valence-electron chi connectivity index (χ4n) is 2.65. The van der Waals surface area contributed by atoms with E-state index in [0.29, 0.717) is 17.5 Å². The Labute approximate surface area is 117 Å². The van der Waals surface area contributed by atoms with Gasteiger partial charge in [0.25, 0.3) is 5.91 Å². The van der Waals surface area contributed by atoms with Crippen LogP contribution in [0.15, 0.2) is 18.2 Å². The molecule has 2 rings (SSSR count). The Morgan fingerprint density at radius 3 is 2.79 bits per heavy atom. The Bertz CT molecular complexity index is 461. The van der Waals surface area contributed by atoms with Gasteiger partial charge in [0, 0.05) is 17.6 Å². The second-order valence-corrected chi connectivity index (χ2v) is 5.42. The van der Waals surface area contributed by atoms with Gasteiger partial charge < -0.3 is 11.1 Å². The van der Waals surface area contributed by atoms with Gasteiger partial charge in [0.2, 0.25) is 0 Å². The Hall–Kier alpha value is -1.13. The van der Waals surface area contributed by atoms with Crippen LogP contribution in [0.3, 0.4) is 0 Å². The van der Waals surface area contributed by atoms with Gasteiger partial charge in [-0.05, 0) is 37.0 Å². The zero-order valence-electron chi connectivity index (χ0n) is 10.7. The molecule has 1 unspecified atom stereocenters. The van der Waals surface area contributed by atoms with Crippen molar-refractivity contribution in [1.82, 2.24) is 5.32 Å². The molecule has 0 bridgehead atoms. The Kier molecular flexibility index (Phi) is 4.77. The van der Waals surface area contributed by atoms with Crippen molar-refractivity contribution in [2.75, 3.05) is 6.54 Å². The molecule has 1 saturated carbocycles. The van der Waals surface area contributed by atoms with Gasteiger partial charge in [0.1, 0.15) is 5.82 Å². The topological polar surface area (TPSA) is 55.1 Å². The van der Waals surface area contributed by atoms with Crippen LogP contribution in [0.25, 0.3) is 0 Å². The molecule has 3 N–H and O–H groups in total. The fraction of sp³-hybridized carbons (Fsp3) is 0.500. The van der Waals surface area contributed by atoms with Gasteiger partial charge in [-0.15, -0.1) is 0 Å². The van der Waals surface area contributed by atoms with Gasteiger partial charge in [0.05, 0.1) is 5.56 Å². The summed E-state index contributed by atoms with van der Waals surface area (Å²) in [6.45, 7) is 0.374. The summed E-state index contributed by atoms with van der Waals surface area (Å²) in [5.41, 5.74) is 5.69. The summed E-state index contributed by atoms with van der Waals surface area (Å²) < 4.78 is 13.6. The van der Waals surface area contributed by atoms with Crippen molar-refractivity contribution in [3.05, 3.63) is 34.6 Å². The summed E-state index contributed by atoms with van der Waals surface area (Å²) in [6, 6.07) is 3.87. The van der Waals surface area contributed by atoms with Crippen LogP contribution in [0.1, 0.15) is 36.0 Å². The van der Waals surface area contributed by atoms with Crippen molar-refractivity contribution >= 4 is 17.5 Å².